The average molecular weight is 1130 g/mol. The van der Waals surface area contributed by atoms with Crippen molar-refractivity contribution in [2.45, 2.75) is 56.0 Å². The summed E-state index contributed by atoms with van der Waals surface area (Å²) in [6.07, 6.45) is -54.8. The molecular weight excluding hydrogens is 1110 g/mol. The molecule has 78 heavy (non-hydrogen) atoms. The Morgan fingerprint density at radius 1 is 0.372 bits per heavy atom. The maximum absolute atomic E-state index is 14.2. The third-order valence-electron chi connectivity index (χ3n) is 12.0. The summed E-state index contributed by atoms with van der Waals surface area (Å²) in [5, 5.41) is 10.3. The minimum absolute atomic E-state index is 0.483. The van der Waals surface area contributed by atoms with Gasteiger partial charge < -0.3 is 0 Å². The molecule has 6 aromatic carbocycles. The highest BCUT2D eigenvalue weighted by atomic mass is 19.4. The normalized spacial score (nSPS) is 13.2. The number of hydrogen-bond acceptors (Lipinski definition) is 1. The zero-order valence-corrected chi connectivity index (χ0v) is 38.2. The number of nitrogens with zero attached hydrogens (tertiary/aromatic N) is 2. The summed E-state index contributed by atoms with van der Waals surface area (Å²) in [5.74, 6) is 0. The summed E-state index contributed by atoms with van der Waals surface area (Å²) in [4.78, 5) is 0. The lowest BCUT2D eigenvalue weighted by Crippen LogP contribution is -2.75. The van der Waals surface area contributed by atoms with Gasteiger partial charge in [-0.2, -0.15) is 137 Å². The van der Waals surface area contributed by atoms with Gasteiger partial charge in [-0.1, -0.05) is 97.6 Å². The zero-order valence-electron chi connectivity index (χ0n) is 38.2. The number of nitriles is 1. The standard InChI is InChI=1S/C32H12BF24.C19H15N2/c34-25(35,36)13-1-14(26(37,38)39)6-21(5-13)33(22-7-15(27(40,41)42)2-16(8-22)28(43,44)45,23-9-17(29(46,47)48)3-18(10-23)30(49,50)51)24-11-19(31(52,53)54)4-20(12-24)32(55,56)57;1-15(13-20)18-12-11-17-9-5-6-10-19(17)21(18)14-16-7-3-2-4-8-16/h1-12H;2-12H,1,14H2/q-1;+1. The first-order chi connectivity index (χ1) is 35.6. The minimum Gasteiger partial charge on any atom is -0.194 e. The van der Waals surface area contributed by atoms with Gasteiger partial charge in [0, 0.05) is 23.1 Å². The van der Waals surface area contributed by atoms with Gasteiger partial charge in [0.2, 0.25) is 11.2 Å². The number of rotatable bonds is 7. The number of hydrogen-bond donors (Lipinski definition) is 0. The number of aromatic nitrogens is 1. The van der Waals surface area contributed by atoms with Gasteiger partial charge in [-0.15, -0.1) is 0 Å². The van der Waals surface area contributed by atoms with Gasteiger partial charge in [-0.3, -0.25) is 0 Å². The molecule has 0 aliphatic heterocycles. The number of benzene rings is 6. The molecule has 0 saturated heterocycles. The third kappa shape index (κ3) is 13.0. The molecule has 2 nitrogen and oxygen atoms in total. The molecule has 0 amide bonds. The van der Waals surface area contributed by atoms with Crippen LogP contribution in [0.2, 0.25) is 0 Å². The molecule has 1 heterocycles. The van der Waals surface area contributed by atoms with Crippen LogP contribution in [0.1, 0.15) is 55.8 Å². The Kier molecular flexibility index (Phi) is 15.7. The summed E-state index contributed by atoms with van der Waals surface area (Å²) >= 11 is 0. The van der Waals surface area contributed by atoms with Crippen LogP contribution in [-0.2, 0) is 56.0 Å². The SMILES string of the molecule is C=C(C#N)c1ccc2ccccc2[n+]1Cc1ccccc1.FC(F)(F)c1cc([B-](c2cc(C(F)(F)F)cc(C(F)(F)F)c2)(c2cc(C(F)(F)F)cc(C(F)(F)F)c2)c2cc(C(F)(F)F)cc(C(F)(F)F)c2)cc(C(F)(F)F)c1. The van der Waals surface area contributed by atoms with Crippen molar-refractivity contribution in [1.82, 2.24) is 0 Å². The van der Waals surface area contributed by atoms with Crippen LogP contribution >= 0.6 is 0 Å². The molecule has 0 fully saturated rings. The number of halogens is 24. The van der Waals surface area contributed by atoms with Crippen molar-refractivity contribution in [3.63, 3.8) is 0 Å². The van der Waals surface area contributed by atoms with Crippen LogP contribution in [-0.4, -0.2) is 6.15 Å². The molecule has 0 aliphatic carbocycles. The zero-order chi connectivity index (χ0) is 58.6. The Hall–Kier alpha value is -7.66. The van der Waals surface area contributed by atoms with Gasteiger partial charge in [0.15, 0.2) is 6.54 Å². The summed E-state index contributed by atoms with van der Waals surface area (Å²) in [6.45, 7) is 4.59. The second kappa shape index (κ2) is 20.6. The molecule has 27 heteroatoms. The maximum Gasteiger partial charge on any atom is 0.416 e. The van der Waals surface area contributed by atoms with E-state index in [-0.39, 0.29) is 0 Å². The molecule has 0 bridgehead atoms. The smallest absolute Gasteiger partial charge is 0.194 e. The van der Waals surface area contributed by atoms with Gasteiger partial charge in [0.05, 0.1) is 44.5 Å². The van der Waals surface area contributed by atoms with Gasteiger partial charge in [0.1, 0.15) is 17.8 Å². The van der Waals surface area contributed by atoms with E-state index in [1.165, 1.54) is 5.56 Å². The molecule has 1 aromatic heterocycles. The molecular formula is C51H27BF24N2. The largest absolute Gasteiger partial charge is 0.416 e. The van der Waals surface area contributed by atoms with E-state index in [4.69, 9.17) is 0 Å². The maximum atomic E-state index is 14.2. The topological polar surface area (TPSA) is 27.7 Å². The lowest BCUT2D eigenvalue weighted by molar-refractivity contribution is -0.664. The number of pyridine rings is 1. The van der Waals surface area contributed by atoms with Crippen molar-refractivity contribution in [1.29, 1.82) is 5.26 Å². The Bertz CT molecular complexity index is 2970. The molecule has 0 unspecified atom stereocenters. The minimum atomic E-state index is -6.13. The predicted octanol–water partition coefficient (Wildman–Crippen LogP) is 14.9. The van der Waals surface area contributed by atoms with Crippen molar-refractivity contribution in [3.8, 4) is 6.07 Å². The Morgan fingerprint density at radius 2 is 0.641 bits per heavy atom. The van der Waals surface area contributed by atoms with Crippen molar-refractivity contribution in [2.24, 2.45) is 0 Å². The third-order valence-corrected chi connectivity index (χ3v) is 12.0. The molecule has 412 valence electrons. The van der Waals surface area contributed by atoms with Crippen LogP contribution in [0, 0.1) is 11.3 Å². The summed E-state index contributed by atoms with van der Waals surface area (Å²) < 4.78 is 343. The number of allylic oxidation sites excluding steroid dienone is 1. The van der Waals surface area contributed by atoms with Gasteiger partial charge in [-0.25, -0.2) is 0 Å². The van der Waals surface area contributed by atoms with E-state index in [9.17, 15) is 111 Å². The Labute approximate surface area is 423 Å². The molecule has 0 aliphatic rings. The number of fused-ring (bicyclic) bond motifs is 1. The van der Waals surface area contributed by atoms with E-state index in [0.717, 1.165) is 23.1 Å². The van der Waals surface area contributed by atoms with E-state index < -0.39 is 195 Å². The van der Waals surface area contributed by atoms with E-state index in [1.807, 2.05) is 42.5 Å². The highest BCUT2D eigenvalue weighted by Crippen LogP contribution is 2.41. The predicted molar refractivity (Wildman–Crippen MR) is 234 cm³/mol. The second-order valence-electron chi connectivity index (χ2n) is 17.2. The first-order valence-electron chi connectivity index (χ1n) is 21.5. The molecule has 0 saturated carbocycles. The van der Waals surface area contributed by atoms with Crippen LogP contribution in [0.4, 0.5) is 105 Å². The van der Waals surface area contributed by atoms with E-state index in [1.54, 1.807) is 0 Å². The van der Waals surface area contributed by atoms with Crippen LogP contribution in [0.5, 0.6) is 0 Å². The van der Waals surface area contributed by atoms with Crippen LogP contribution in [0.3, 0.4) is 0 Å². The Morgan fingerprint density at radius 3 is 0.910 bits per heavy atom. The first kappa shape index (κ1) is 59.6. The van der Waals surface area contributed by atoms with Gasteiger partial charge >= 0.3 is 49.4 Å². The Balaban J connectivity index is 0.000000387. The highest BCUT2D eigenvalue weighted by Gasteiger charge is 2.47. The van der Waals surface area contributed by atoms with Crippen molar-refractivity contribution in [3.05, 3.63) is 202 Å². The van der Waals surface area contributed by atoms with Crippen molar-refractivity contribution < 1.29 is 110 Å². The molecule has 0 N–H and O–H groups in total. The first-order valence-corrected chi connectivity index (χ1v) is 21.5. The van der Waals surface area contributed by atoms with Crippen LogP contribution in [0.25, 0.3) is 16.5 Å². The van der Waals surface area contributed by atoms with E-state index in [0.29, 0.717) is 5.57 Å². The van der Waals surface area contributed by atoms with E-state index >= 15 is 0 Å². The monoisotopic (exact) mass is 1130 g/mol. The van der Waals surface area contributed by atoms with Crippen LogP contribution < -0.4 is 26.4 Å². The lowest BCUT2D eigenvalue weighted by atomic mass is 9.12. The number of alkyl halides is 24. The summed E-state index contributed by atoms with van der Waals surface area (Å²) in [7, 11) is 0. The molecule has 0 atom stereocenters. The summed E-state index contributed by atoms with van der Waals surface area (Å²) in [5.41, 5.74) is -26.6. The fraction of sp³-hybridized carbons (Fsp3) is 0.176. The molecule has 7 aromatic rings. The number of para-hydroxylation sites is 1. The van der Waals surface area contributed by atoms with Crippen LogP contribution in [0.15, 0.2) is 146 Å². The molecule has 7 rings (SSSR count). The second-order valence-corrected chi connectivity index (χ2v) is 17.2. The molecule has 0 spiro atoms. The fourth-order valence-electron chi connectivity index (χ4n) is 8.59. The summed E-state index contributed by atoms with van der Waals surface area (Å²) in [6, 6.07) is 15.8. The van der Waals surface area contributed by atoms with Crippen molar-refractivity contribution >= 4 is 44.5 Å². The highest BCUT2D eigenvalue weighted by molar-refractivity contribution is 7.20. The lowest BCUT2D eigenvalue weighted by Gasteiger charge is -2.46. The van der Waals surface area contributed by atoms with E-state index in [2.05, 4.69) is 41.5 Å². The average Bonchev–Trinajstić information content (AvgIpc) is 3.51. The van der Waals surface area contributed by atoms with Gasteiger partial charge in [0.25, 0.3) is 0 Å². The van der Waals surface area contributed by atoms with Crippen molar-refractivity contribution in [2.75, 3.05) is 0 Å². The quantitative estimate of drug-likeness (QED) is 0.0676. The molecule has 0 radical (unpaired) electrons. The van der Waals surface area contributed by atoms with Gasteiger partial charge in [-0.05, 0) is 36.4 Å². The fourth-order valence-corrected chi connectivity index (χ4v) is 8.59.